The van der Waals surface area contributed by atoms with E-state index in [0.717, 1.165) is 6.42 Å². The van der Waals surface area contributed by atoms with Crippen molar-refractivity contribution in [2.75, 3.05) is 32.7 Å². The van der Waals surface area contributed by atoms with Crippen molar-refractivity contribution in [1.82, 2.24) is 15.2 Å². The lowest BCUT2D eigenvalue weighted by atomic mass is 9.98. The van der Waals surface area contributed by atoms with Crippen LogP contribution in [0.5, 0.6) is 5.75 Å². The molecule has 9 nitrogen and oxygen atoms in total. The van der Waals surface area contributed by atoms with Gasteiger partial charge in [-0.3, -0.25) is 14.4 Å². The summed E-state index contributed by atoms with van der Waals surface area (Å²) < 4.78 is 10.4. The first-order valence-electron chi connectivity index (χ1n) is 11.1. The Morgan fingerprint density at radius 2 is 1.85 bits per heavy atom. The molecule has 0 bridgehead atoms. The van der Waals surface area contributed by atoms with Gasteiger partial charge in [0.1, 0.15) is 11.8 Å². The van der Waals surface area contributed by atoms with Crippen LogP contribution in [0.4, 0.5) is 5.13 Å². The molecule has 186 valence electrons. The fourth-order valence-corrected chi connectivity index (χ4v) is 3.71. The summed E-state index contributed by atoms with van der Waals surface area (Å²) in [5.74, 6) is -0.289. The lowest BCUT2D eigenvalue weighted by Crippen LogP contribution is -2.51. The van der Waals surface area contributed by atoms with E-state index in [2.05, 4.69) is 15.6 Å². The Labute approximate surface area is 204 Å². The number of nitrogens with zero attached hydrogens (tertiary/aromatic N) is 2. The number of ether oxygens (including phenoxy) is 2. The van der Waals surface area contributed by atoms with Gasteiger partial charge >= 0.3 is 0 Å². The minimum absolute atomic E-state index is 0.0285. The van der Waals surface area contributed by atoms with Gasteiger partial charge < -0.3 is 25.0 Å². The maximum atomic E-state index is 13.5. The summed E-state index contributed by atoms with van der Waals surface area (Å²) in [5.41, 5.74) is 0.188. The number of thiazole rings is 1. The number of aromatic nitrogens is 1. The van der Waals surface area contributed by atoms with Gasteiger partial charge in [-0.15, -0.1) is 11.3 Å². The van der Waals surface area contributed by atoms with Crippen molar-refractivity contribution < 1.29 is 23.9 Å². The number of nitrogens with one attached hydrogen (secondary N) is 2. The molecule has 2 aromatic rings. The summed E-state index contributed by atoms with van der Waals surface area (Å²) >= 11 is 1.30. The molecule has 0 saturated heterocycles. The summed E-state index contributed by atoms with van der Waals surface area (Å²) in [6.07, 6.45) is 2.22. The van der Waals surface area contributed by atoms with Crippen LogP contribution in [0.15, 0.2) is 35.8 Å². The van der Waals surface area contributed by atoms with Crippen LogP contribution >= 0.6 is 11.3 Å². The van der Waals surface area contributed by atoms with Crippen molar-refractivity contribution in [1.29, 1.82) is 0 Å². The predicted octanol–water partition coefficient (Wildman–Crippen LogP) is 3.39. The van der Waals surface area contributed by atoms with E-state index in [-0.39, 0.29) is 43.7 Å². The van der Waals surface area contributed by atoms with Crippen molar-refractivity contribution in [2.24, 2.45) is 0 Å². The van der Waals surface area contributed by atoms with Gasteiger partial charge in [-0.25, -0.2) is 4.98 Å². The molecule has 1 aromatic carbocycles. The van der Waals surface area contributed by atoms with E-state index in [1.54, 1.807) is 43.0 Å². The van der Waals surface area contributed by atoms with E-state index in [1.807, 2.05) is 20.8 Å². The van der Waals surface area contributed by atoms with E-state index in [9.17, 15) is 14.4 Å². The van der Waals surface area contributed by atoms with E-state index < -0.39 is 11.6 Å². The second kappa shape index (κ2) is 13.0. The molecule has 2 rings (SSSR count). The van der Waals surface area contributed by atoms with Gasteiger partial charge in [0.2, 0.25) is 17.7 Å². The van der Waals surface area contributed by atoms with Gasteiger partial charge in [0.15, 0.2) is 5.13 Å². The second-order valence-corrected chi connectivity index (χ2v) is 9.26. The van der Waals surface area contributed by atoms with Crippen LogP contribution in [-0.2, 0) is 19.1 Å². The monoisotopic (exact) mass is 490 g/mol. The first-order chi connectivity index (χ1) is 16.2. The smallest absolute Gasteiger partial charge is 0.247 e. The lowest BCUT2D eigenvalue weighted by molar-refractivity contribution is -0.142. The number of amides is 3. The maximum absolute atomic E-state index is 13.5. The molecule has 1 atom stereocenters. The zero-order valence-corrected chi connectivity index (χ0v) is 21.2. The Balaban J connectivity index is 2.27. The van der Waals surface area contributed by atoms with Gasteiger partial charge in [-0.1, -0.05) is 19.1 Å². The molecule has 1 aromatic heterocycles. The molecular weight excluding hydrogens is 456 g/mol. The Hall–Kier alpha value is -2.98. The number of carbonyl (C=O) groups is 3. The highest BCUT2D eigenvalue weighted by molar-refractivity contribution is 7.13. The SMILES string of the molecule is CCC(C)(C)NC(=O)[C@@H](c1ccc(OC)cc1)N(CCOC)C(=O)CCC(=O)Nc1nccs1. The van der Waals surface area contributed by atoms with Gasteiger partial charge in [0.05, 0.1) is 13.7 Å². The third kappa shape index (κ3) is 8.11. The third-order valence-electron chi connectivity index (χ3n) is 5.44. The average Bonchev–Trinajstić information content (AvgIpc) is 3.33. The fraction of sp³-hybridized carbons (Fsp3) is 0.500. The zero-order valence-electron chi connectivity index (χ0n) is 20.4. The second-order valence-electron chi connectivity index (χ2n) is 8.37. The number of carbonyl (C=O) groups excluding carboxylic acids is 3. The Kier molecular flexibility index (Phi) is 10.5. The molecule has 2 N–H and O–H groups in total. The summed E-state index contributed by atoms with van der Waals surface area (Å²) in [5, 5.41) is 7.95. The van der Waals surface area contributed by atoms with Crippen molar-refractivity contribution in [2.45, 2.75) is 51.6 Å². The van der Waals surface area contributed by atoms with E-state index in [4.69, 9.17) is 9.47 Å². The van der Waals surface area contributed by atoms with Crippen molar-refractivity contribution in [3.8, 4) is 5.75 Å². The van der Waals surface area contributed by atoms with Crippen LogP contribution in [0.3, 0.4) is 0 Å². The molecule has 0 spiro atoms. The van der Waals surface area contributed by atoms with Crippen molar-refractivity contribution in [3.63, 3.8) is 0 Å². The Morgan fingerprint density at radius 1 is 1.15 bits per heavy atom. The first-order valence-corrected chi connectivity index (χ1v) is 12.0. The standard InChI is InChI=1S/C24H34N4O5S/c1-6-24(2,3)27-22(31)21(17-7-9-18(33-5)10-8-17)28(14-15-32-4)20(30)12-11-19(29)26-23-25-13-16-34-23/h7-10,13,16,21H,6,11-12,14-15H2,1-5H3,(H,27,31)(H,25,26,29)/t21-/m1/s1. The number of methoxy groups -OCH3 is 2. The number of benzene rings is 1. The quantitative estimate of drug-likeness (QED) is 0.445. The largest absolute Gasteiger partial charge is 0.497 e. The molecule has 0 radical (unpaired) electrons. The Morgan fingerprint density at radius 3 is 2.41 bits per heavy atom. The first kappa shape index (κ1) is 27.3. The summed E-state index contributed by atoms with van der Waals surface area (Å²) in [4.78, 5) is 44.6. The van der Waals surface area contributed by atoms with Gasteiger partial charge in [-0.2, -0.15) is 0 Å². The number of anilines is 1. The van der Waals surface area contributed by atoms with Crippen LogP contribution in [0.25, 0.3) is 0 Å². The van der Waals surface area contributed by atoms with Crippen molar-refractivity contribution in [3.05, 3.63) is 41.4 Å². The van der Waals surface area contributed by atoms with E-state index in [0.29, 0.717) is 16.4 Å². The molecule has 1 heterocycles. The van der Waals surface area contributed by atoms with Gasteiger partial charge in [0.25, 0.3) is 0 Å². The van der Waals surface area contributed by atoms with Crippen LogP contribution in [0.2, 0.25) is 0 Å². The third-order valence-corrected chi connectivity index (χ3v) is 6.13. The van der Waals surface area contributed by atoms with E-state index in [1.165, 1.54) is 23.3 Å². The molecule has 0 unspecified atom stereocenters. The van der Waals surface area contributed by atoms with Gasteiger partial charge in [-0.05, 0) is 38.0 Å². The number of rotatable bonds is 13. The molecule has 0 fully saturated rings. The fourth-order valence-electron chi connectivity index (χ4n) is 3.17. The van der Waals surface area contributed by atoms with Crippen LogP contribution in [0, 0.1) is 0 Å². The van der Waals surface area contributed by atoms with Gasteiger partial charge in [0, 0.05) is 43.6 Å². The highest BCUT2D eigenvalue weighted by atomic mass is 32.1. The highest BCUT2D eigenvalue weighted by Gasteiger charge is 2.33. The number of hydrogen-bond acceptors (Lipinski definition) is 7. The maximum Gasteiger partial charge on any atom is 0.247 e. The highest BCUT2D eigenvalue weighted by Crippen LogP contribution is 2.26. The molecule has 10 heteroatoms. The predicted molar refractivity (Wildman–Crippen MR) is 132 cm³/mol. The van der Waals surface area contributed by atoms with Crippen LogP contribution < -0.4 is 15.4 Å². The molecule has 0 aliphatic heterocycles. The minimum atomic E-state index is -0.888. The molecule has 0 aliphatic carbocycles. The van der Waals surface area contributed by atoms with Crippen molar-refractivity contribution >= 4 is 34.2 Å². The van der Waals surface area contributed by atoms with E-state index >= 15 is 0 Å². The average molecular weight is 491 g/mol. The van der Waals surface area contributed by atoms with Crippen LogP contribution in [-0.4, -0.2) is 60.5 Å². The summed E-state index contributed by atoms with van der Waals surface area (Å²) in [6, 6.07) is 6.15. The molecule has 3 amide bonds. The topological polar surface area (TPSA) is 110 Å². The Bertz CT molecular complexity index is 931. The van der Waals surface area contributed by atoms with Crippen LogP contribution in [0.1, 0.15) is 51.6 Å². The molecule has 0 aliphatic rings. The minimum Gasteiger partial charge on any atom is -0.497 e. The molecular formula is C24H34N4O5S. The molecule has 34 heavy (non-hydrogen) atoms. The normalized spacial score (nSPS) is 12.0. The summed E-state index contributed by atoms with van der Waals surface area (Å²) in [7, 11) is 3.10. The zero-order chi connectivity index (χ0) is 25.1. The lowest BCUT2D eigenvalue weighted by Gasteiger charge is -2.34. The molecule has 0 saturated carbocycles. The summed E-state index contributed by atoms with van der Waals surface area (Å²) in [6.45, 7) is 6.28. The number of hydrogen-bond donors (Lipinski definition) is 2.